The molecule has 1 aromatic rings. The van der Waals surface area contributed by atoms with Gasteiger partial charge in [-0.2, -0.15) is 43.9 Å². The third kappa shape index (κ3) is 3.34. The van der Waals surface area contributed by atoms with Crippen molar-refractivity contribution in [2.45, 2.75) is 29.8 Å². The van der Waals surface area contributed by atoms with Gasteiger partial charge in [0, 0.05) is 0 Å². The predicted molar refractivity (Wildman–Crippen MR) is 62.2 cm³/mol. The summed E-state index contributed by atoms with van der Waals surface area (Å²) in [5, 5.41) is 0. The highest BCUT2D eigenvalue weighted by molar-refractivity contribution is 5.29. The molecule has 143 valence electrons. The van der Waals surface area contributed by atoms with E-state index < -0.39 is 42.2 Å². The van der Waals surface area contributed by atoms with Crippen molar-refractivity contribution in [1.29, 1.82) is 0 Å². The van der Waals surface area contributed by atoms with Gasteiger partial charge in [-0.1, -0.05) is 12.1 Å². The number of halogens is 11. The van der Waals surface area contributed by atoms with Gasteiger partial charge < -0.3 is 4.74 Å². The maximum atomic E-state index is 13.4. The fraction of sp³-hybridized carbons (Fsp3) is 0.462. The highest BCUT2D eigenvalue weighted by Gasteiger charge is 2.87. The van der Waals surface area contributed by atoms with E-state index in [0.29, 0.717) is 12.1 Å². The zero-order valence-electron chi connectivity index (χ0n) is 11.8. The highest BCUT2D eigenvalue weighted by atomic mass is 19.4. The van der Waals surface area contributed by atoms with Crippen LogP contribution in [0.4, 0.5) is 48.3 Å². The molecule has 0 aromatic heterocycles. The van der Waals surface area contributed by atoms with E-state index in [4.69, 9.17) is 0 Å². The molecule has 0 fully saturated rings. The largest absolute Gasteiger partial charge is 0.471 e. The number of hydrogen-bond donors (Lipinski definition) is 0. The monoisotopic (exact) mass is 389 g/mol. The minimum Gasteiger partial charge on any atom is -0.428 e. The molecule has 1 nitrogen and oxygen atoms in total. The summed E-state index contributed by atoms with van der Waals surface area (Å²) in [5.41, 5.74) is 0.168. The van der Waals surface area contributed by atoms with Crippen LogP contribution in [0.15, 0.2) is 24.3 Å². The van der Waals surface area contributed by atoms with Crippen molar-refractivity contribution in [3.63, 3.8) is 0 Å². The summed E-state index contributed by atoms with van der Waals surface area (Å²) < 4.78 is 146. The third-order valence-corrected chi connectivity index (χ3v) is 2.95. The minimum atomic E-state index is -7.36. The van der Waals surface area contributed by atoms with Crippen LogP contribution in [0.25, 0.3) is 0 Å². The molecule has 0 N–H and O–H groups in total. The van der Waals surface area contributed by atoms with E-state index in [2.05, 4.69) is 11.7 Å². The van der Waals surface area contributed by atoms with E-state index in [-0.39, 0.29) is 5.56 Å². The maximum absolute atomic E-state index is 13.4. The smallest absolute Gasteiger partial charge is 0.428 e. The van der Waals surface area contributed by atoms with E-state index in [1.54, 1.807) is 0 Å². The Labute approximate surface area is 133 Å². The van der Waals surface area contributed by atoms with E-state index in [1.807, 2.05) is 0 Å². The number of alkyl halides is 11. The van der Waals surface area contributed by atoms with E-state index in [0.717, 1.165) is 12.1 Å². The Morgan fingerprint density at radius 1 is 0.720 bits per heavy atom. The lowest BCUT2D eigenvalue weighted by Crippen LogP contribution is -2.68. The van der Waals surface area contributed by atoms with Crippen LogP contribution in [0, 0.1) is 6.92 Å². The molecule has 0 heterocycles. The fourth-order valence-electron chi connectivity index (χ4n) is 1.46. The molecule has 1 radical (unpaired) electrons. The Hall–Kier alpha value is -1.75. The number of rotatable bonds is 7. The zero-order chi connectivity index (χ0) is 19.9. The van der Waals surface area contributed by atoms with Crippen molar-refractivity contribution in [2.75, 3.05) is 6.67 Å². The number of benzene rings is 1. The molecule has 25 heavy (non-hydrogen) atoms. The first kappa shape index (κ1) is 21.3. The van der Waals surface area contributed by atoms with Gasteiger partial charge in [-0.3, -0.25) is 0 Å². The molecular formula is C13H8F11O. The number of ether oxygens (including phenoxy) is 1. The lowest BCUT2D eigenvalue weighted by Gasteiger charge is -2.38. The molecule has 0 unspecified atom stereocenters. The Bertz CT molecular complexity index is 594. The van der Waals surface area contributed by atoms with Gasteiger partial charge in [0.2, 0.25) is 0 Å². The summed E-state index contributed by atoms with van der Waals surface area (Å²) in [5.74, 6) is -29.1. The van der Waals surface area contributed by atoms with E-state index in [1.165, 1.54) is 0 Å². The molecule has 0 atom stereocenters. The second-order valence-corrected chi connectivity index (χ2v) is 4.82. The summed E-state index contributed by atoms with van der Waals surface area (Å²) in [4.78, 5) is 0. The Kier molecular flexibility index (Phi) is 5.28. The quantitative estimate of drug-likeness (QED) is 0.572. The van der Waals surface area contributed by atoms with Crippen molar-refractivity contribution in [3.05, 3.63) is 36.8 Å². The Morgan fingerprint density at radius 2 is 1.16 bits per heavy atom. The molecule has 0 spiro atoms. The summed E-state index contributed by atoms with van der Waals surface area (Å²) in [7, 11) is 0. The summed E-state index contributed by atoms with van der Waals surface area (Å²) >= 11 is 0. The number of hydrogen-bond acceptors (Lipinski definition) is 1. The molecule has 1 aromatic carbocycles. The van der Waals surface area contributed by atoms with Crippen LogP contribution in [-0.2, 0) is 0 Å². The van der Waals surface area contributed by atoms with Crippen LogP contribution < -0.4 is 4.74 Å². The van der Waals surface area contributed by atoms with Gasteiger partial charge in [-0.05, 0) is 24.6 Å². The molecule has 1 rings (SSSR count). The van der Waals surface area contributed by atoms with Gasteiger partial charge in [-0.15, -0.1) is 0 Å². The maximum Gasteiger partial charge on any atom is 0.471 e. The van der Waals surface area contributed by atoms with E-state index >= 15 is 0 Å². The second kappa shape index (κ2) is 6.20. The van der Waals surface area contributed by atoms with Crippen LogP contribution in [-0.4, -0.2) is 36.5 Å². The molecule has 0 bridgehead atoms. The first-order valence-corrected chi connectivity index (χ1v) is 6.09. The van der Waals surface area contributed by atoms with E-state index in [9.17, 15) is 48.3 Å². The summed E-state index contributed by atoms with van der Waals surface area (Å²) in [6, 6.07) is 2.98. The lowest BCUT2D eigenvalue weighted by molar-refractivity contribution is -0.431. The minimum absolute atomic E-state index is 0.168. The molecule has 0 aliphatic carbocycles. The van der Waals surface area contributed by atoms with Crippen molar-refractivity contribution in [1.82, 2.24) is 0 Å². The standard InChI is InChI=1S/C13H8F11O/c1-7-2-4-8(5-3-7)25-13(23,24)12(21,22)11(19,20)10(17,18)9(15,16)6-14/h2-5H,1,6H2. The molecule has 0 aliphatic heterocycles. The Balaban J connectivity index is 3.28. The molecule has 0 saturated heterocycles. The van der Waals surface area contributed by atoms with Crippen LogP contribution in [0.2, 0.25) is 0 Å². The van der Waals surface area contributed by atoms with Gasteiger partial charge in [0.25, 0.3) is 0 Å². The average Bonchev–Trinajstić information content (AvgIpc) is 2.48. The van der Waals surface area contributed by atoms with Crippen molar-refractivity contribution in [2.24, 2.45) is 0 Å². The van der Waals surface area contributed by atoms with Crippen molar-refractivity contribution < 1.29 is 53.0 Å². The predicted octanol–water partition coefficient (Wildman–Crippen LogP) is 5.35. The molecule has 0 amide bonds. The van der Waals surface area contributed by atoms with Crippen LogP contribution in [0.1, 0.15) is 5.56 Å². The van der Waals surface area contributed by atoms with Gasteiger partial charge in [0.15, 0.2) is 6.67 Å². The van der Waals surface area contributed by atoms with Crippen LogP contribution >= 0.6 is 0 Å². The average molecular weight is 389 g/mol. The van der Waals surface area contributed by atoms with Crippen LogP contribution in [0.3, 0.4) is 0 Å². The van der Waals surface area contributed by atoms with Gasteiger partial charge in [0.1, 0.15) is 5.75 Å². The van der Waals surface area contributed by atoms with Crippen molar-refractivity contribution >= 4 is 0 Å². The topological polar surface area (TPSA) is 9.23 Å². The summed E-state index contributed by atoms with van der Waals surface area (Å²) in [6.45, 7) is -0.197. The van der Waals surface area contributed by atoms with Gasteiger partial charge >= 0.3 is 29.8 Å². The normalized spacial score (nSPS) is 14.6. The first-order valence-electron chi connectivity index (χ1n) is 6.09. The second-order valence-electron chi connectivity index (χ2n) is 4.82. The SMILES string of the molecule is [CH2]c1ccc(OC(F)(F)C(F)(F)C(F)(F)C(F)(F)C(F)(F)CF)cc1. The summed E-state index contributed by atoms with van der Waals surface area (Å²) in [6.07, 6.45) is -6.34. The molecule has 0 saturated carbocycles. The van der Waals surface area contributed by atoms with Gasteiger partial charge in [0.05, 0.1) is 0 Å². The van der Waals surface area contributed by atoms with Gasteiger partial charge in [-0.25, -0.2) is 4.39 Å². The zero-order valence-corrected chi connectivity index (χ0v) is 11.8. The molecule has 0 aliphatic rings. The lowest BCUT2D eigenvalue weighted by atomic mass is 9.98. The third-order valence-electron chi connectivity index (χ3n) is 2.95. The van der Waals surface area contributed by atoms with Crippen molar-refractivity contribution in [3.8, 4) is 5.75 Å². The highest BCUT2D eigenvalue weighted by Crippen LogP contribution is 2.57. The first-order chi connectivity index (χ1) is 11.0. The molecular weight excluding hydrogens is 381 g/mol. The van der Waals surface area contributed by atoms with Crippen LogP contribution in [0.5, 0.6) is 5.75 Å². The molecule has 12 heteroatoms. The fourth-order valence-corrected chi connectivity index (χ4v) is 1.46. The Morgan fingerprint density at radius 3 is 1.56 bits per heavy atom.